The van der Waals surface area contributed by atoms with Gasteiger partial charge in [0.05, 0.1) is 5.56 Å². The fraction of sp³-hybridized carbons (Fsp3) is 0.400. The van der Waals surface area contributed by atoms with Crippen LogP contribution < -0.4 is 20.5 Å². The Hall–Kier alpha value is -3.24. The zero-order chi connectivity index (χ0) is 25.4. The number of aliphatic hydroxyl groups is 1. The number of primary amides is 1. The van der Waals surface area contributed by atoms with Crippen molar-refractivity contribution < 1.29 is 32.5 Å². The first-order valence-electron chi connectivity index (χ1n) is 11.3. The Bertz CT molecular complexity index is 1130. The van der Waals surface area contributed by atoms with E-state index >= 15 is 0 Å². The number of hydrogen-bond donors (Lipinski definition) is 3. The summed E-state index contributed by atoms with van der Waals surface area (Å²) >= 11 is 0. The van der Waals surface area contributed by atoms with Crippen molar-refractivity contribution in [3.8, 4) is 11.5 Å². The van der Waals surface area contributed by atoms with Crippen molar-refractivity contribution in [2.24, 2.45) is 5.73 Å². The SMILES string of the molecule is CC(Cc1ccc2c(c1)c(C(N)=O)cn2CCCO)NCCOc1ccccc1OCC(F)(F)F. The van der Waals surface area contributed by atoms with Gasteiger partial charge in [-0.05, 0) is 49.6 Å². The zero-order valence-electron chi connectivity index (χ0n) is 19.5. The van der Waals surface area contributed by atoms with E-state index in [1.807, 2.05) is 29.7 Å². The molecule has 1 heterocycles. The van der Waals surface area contributed by atoms with Crippen LogP contribution in [0.25, 0.3) is 10.9 Å². The van der Waals surface area contributed by atoms with Crippen LogP contribution in [0.15, 0.2) is 48.7 Å². The summed E-state index contributed by atoms with van der Waals surface area (Å²) in [4.78, 5) is 11.9. The first-order chi connectivity index (χ1) is 16.7. The fourth-order valence-corrected chi connectivity index (χ4v) is 3.83. The highest BCUT2D eigenvalue weighted by Crippen LogP contribution is 2.28. The number of aryl methyl sites for hydroxylation is 1. The third kappa shape index (κ3) is 7.63. The van der Waals surface area contributed by atoms with E-state index in [9.17, 15) is 18.0 Å². The number of nitrogens with one attached hydrogen (secondary N) is 1. The van der Waals surface area contributed by atoms with Crippen molar-refractivity contribution in [3.05, 3.63) is 59.8 Å². The number of amides is 1. The van der Waals surface area contributed by atoms with Crippen molar-refractivity contribution in [3.63, 3.8) is 0 Å². The maximum atomic E-state index is 12.4. The van der Waals surface area contributed by atoms with E-state index < -0.39 is 18.7 Å². The molecule has 3 aromatic rings. The molecule has 0 saturated heterocycles. The van der Waals surface area contributed by atoms with Crippen LogP contribution in [0.3, 0.4) is 0 Å². The molecule has 0 saturated carbocycles. The molecule has 190 valence electrons. The van der Waals surface area contributed by atoms with Gasteiger partial charge in [0.2, 0.25) is 0 Å². The average Bonchev–Trinajstić information content (AvgIpc) is 3.17. The van der Waals surface area contributed by atoms with Crippen molar-refractivity contribution in [2.75, 3.05) is 26.4 Å². The number of aliphatic hydroxyl groups excluding tert-OH is 1. The third-order valence-electron chi connectivity index (χ3n) is 5.40. The zero-order valence-corrected chi connectivity index (χ0v) is 19.5. The van der Waals surface area contributed by atoms with Crippen LogP contribution in [0.2, 0.25) is 0 Å². The molecule has 4 N–H and O–H groups in total. The number of benzene rings is 2. The van der Waals surface area contributed by atoms with E-state index in [0.717, 1.165) is 16.5 Å². The van der Waals surface area contributed by atoms with Crippen molar-refractivity contribution in [1.82, 2.24) is 9.88 Å². The van der Waals surface area contributed by atoms with Gasteiger partial charge in [0.25, 0.3) is 5.91 Å². The number of para-hydroxylation sites is 2. The molecule has 2 aromatic carbocycles. The molecule has 3 rings (SSSR count). The summed E-state index contributed by atoms with van der Waals surface area (Å²) in [7, 11) is 0. The van der Waals surface area contributed by atoms with E-state index in [2.05, 4.69) is 5.32 Å². The van der Waals surface area contributed by atoms with Crippen LogP contribution in [0.5, 0.6) is 11.5 Å². The standard InChI is InChI=1S/C25H30F3N3O4/c1-17(30-9-12-34-22-5-2-3-6-23(22)35-16-25(26,27)28)13-18-7-8-21-19(14-18)20(24(29)33)15-31(21)10-4-11-32/h2-3,5-8,14-15,17,30,32H,4,9-13,16H2,1H3,(H2,29,33). The molecule has 35 heavy (non-hydrogen) atoms. The molecule has 10 heteroatoms. The average molecular weight is 494 g/mol. The molecule has 1 atom stereocenters. The van der Waals surface area contributed by atoms with Gasteiger partial charge in [-0.2, -0.15) is 13.2 Å². The molecule has 1 aromatic heterocycles. The number of aromatic nitrogens is 1. The highest BCUT2D eigenvalue weighted by atomic mass is 19.4. The molecule has 0 radical (unpaired) electrons. The minimum Gasteiger partial charge on any atom is -0.488 e. The van der Waals surface area contributed by atoms with E-state index in [0.29, 0.717) is 31.5 Å². The van der Waals surface area contributed by atoms with Gasteiger partial charge in [-0.15, -0.1) is 0 Å². The lowest BCUT2D eigenvalue weighted by Crippen LogP contribution is -2.31. The summed E-state index contributed by atoms with van der Waals surface area (Å²) in [5.41, 5.74) is 7.91. The molecule has 1 amide bonds. The lowest BCUT2D eigenvalue weighted by Gasteiger charge is -2.16. The first kappa shape index (κ1) is 26.4. The minimum absolute atomic E-state index is 0.0438. The molecule has 0 aliphatic heterocycles. The second-order valence-corrected chi connectivity index (χ2v) is 8.29. The highest BCUT2D eigenvalue weighted by Gasteiger charge is 2.29. The summed E-state index contributed by atoms with van der Waals surface area (Å²) in [5.74, 6) is -0.207. The Kier molecular flexibility index (Phi) is 9.00. The van der Waals surface area contributed by atoms with Crippen LogP contribution in [-0.2, 0) is 13.0 Å². The number of hydrogen-bond acceptors (Lipinski definition) is 5. The summed E-state index contributed by atoms with van der Waals surface area (Å²) in [6.07, 6.45) is -1.44. The molecular weight excluding hydrogens is 463 g/mol. The number of halogens is 3. The lowest BCUT2D eigenvalue weighted by atomic mass is 10.0. The van der Waals surface area contributed by atoms with Gasteiger partial charge < -0.3 is 30.2 Å². The Morgan fingerprint density at radius 3 is 2.54 bits per heavy atom. The highest BCUT2D eigenvalue weighted by molar-refractivity contribution is 6.06. The molecule has 1 unspecified atom stereocenters. The molecular formula is C25H30F3N3O4. The number of carbonyl (C=O) groups excluding carboxylic acids is 1. The molecule has 0 fully saturated rings. The van der Waals surface area contributed by atoms with Gasteiger partial charge in [0.15, 0.2) is 18.1 Å². The summed E-state index contributed by atoms with van der Waals surface area (Å²) in [6, 6.07) is 12.2. The first-order valence-corrected chi connectivity index (χ1v) is 11.3. The number of rotatable bonds is 13. The van der Waals surface area contributed by atoms with E-state index in [1.54, 1.807) is 24.4 Å². The largest absolute Gasteiger partial charge is 0.488 e. The predicted molar refractivity (Wildman–Crippen MR) is 127 cm³/mol. The molecule has 0 aliphatic carbocycles. The molecule has 7 nitrogen and oxygen atoms in total. The number of ether oxygens (including phenoxy) is 2. The van der Waals surface area contributed by atoms with E-state index in [1.165, 1.54) is 6.07 Å². The Morgan fingerprint density at radius 1 is 1.17 bits per heavy atom. The maximum absolute atomic E-state index is 12.4. The molecule has 0 aliphatic rings. The molecule has 0 spiro atoms. The van der Waals surface area contributed by atoms with Crippen LogP contribution in [0.1, 0.15) is 29.3 Å². The van der Waals surface area contributed by atoms with Crippen molar-refractivity contribution in [1.29, 1.82) is 0 Å². The van der Waals surface area contributed by atoms with Crippen molar-refractivity contribution >= 4 is 16.8 Å². The Labute approximate surface area is 201 Å². The summed E-state index contributed by atoms with van der Waals surface area (Å²) in [5, 5.41) is 13.2. The minimum atomic E-state index is -4.42. The summed E-state index contributed by atoms with van der Waals surface area (Å²) in [6.45, 7) is 1.99. The third-order valence-corrected chi connectivity index (χ3v) is 5.40. The monoisotopic (exact) mass is 493 g/mol. The van der Waals surface area contributed by atoms with E-state index in [4.69, 9.17) is 20.3 Å². The van der Waals surface area contributed by atoms with Crippen LogP contribution in [-0.4, -0.2) is 54.2 Å². The topological polar surface area (TPSA) is 98.7 Å². The number of fused-ring (bicyclic) bond motifs is 1. The molecule has 0 bridgehead atoms. The number of nitrogens with two attached hydrogens (primary N) is 1. The second kappa shape index (κ2) is 11.9. The quantitative estimate of drug-likeness (QED) is 0.316. The van der Waals surface area contributed by atoms with Crippen LogP contribution in [0.4, 0.5) is 13.2 Å². The van der Waals surface area contributed by atoms with Crippen LogP contribution >= 0.6 is 0 Å². The van der Waals surface area contributed by atoms with Gasteiger partial charge in [-0.25, -0.2) is 0 Å². The van der Waals surface area contributed by atoms with Gasteiger partial charge in [-0.1, -0.05) is 18.2 Å². The van der Waals surface area contributed by atoms with Crippen LogP contribution in [0, 0.1) is 0 Å². The van der Waals surface area contributed by atoms with Gasteiger partial charge in [-0.3, -0.25) is 4.79 Å². The number of nitrogens with zero attached hydrogens (tertiary/aromatic N) is 1. The summed E-state index contributed by atoms with van der Waals surface area (Å²) < 4.78 is 49.7. The Balaban J connectivity index is 1.55. The number of carbonyl (C=O) groups is 1. The smallest absolute Gasteiger partial charge is 0.422 e. The number of alkyl halides is 3. The van der Waals surface area contributed by atoms with Gasteiger partial charge in [0.1, 0.15) is 6.61 Å². The maximum Gasteiger partial charge on any atom is 0.422 e. The fourth-order valence-electron chi connectivity index (χ4n) is 3.83. The Morgan fingerprint density at radius 2 is 1.89 bits per heavy atom. The van der Waals surface area contributed by atoms with Gasteiger partial charge >= 0.3 is 6.18 Å². The second-order valence-electron chi connectivity index (χ2n) is 8.29. The normalized spacial score (nSPS) is 12.6. The van der Waals surface area contributed by atoms with Gasteiger partial charge in [0, 0.05) is 42.8 Å². The lowest BCUT2D eigenvalue weighted by molar-refractivity contribution is -0.153. The predicted octanol–water partition coefficient (Wildman–Crippen LogP) is 3.66. The van der Waals surface area contributed by atoms with Crippen molar-refractivity contribution in [2.45, 2.75) is 38.5 Å². The van der Waals surface area contributed by atoms with E-state index in [-0.39, 0.29) is 30.8 Å².